The van der Waals surface area contributed by atoms with Crippen LogP contribution in [0.15, 0.2) is 0 Å². The molecule has 5 nitrogen and oxygen atoms in total. The fourth-order valence-electron chi connectivity index (χ4n) is 2.52. The number of hydrogen-bond acceptors (Lipinski definition) is 4. The number of ether oxygens (including phenoxy) is 1. The van der Waals surface area contributed by atoms with E-state index < -0.39 is 5.60 Å². The van der Waals surface area contributed by atoms with Crippen molar-refractivity contribution in [2.24, 2.45) is 0 Å². The molecule has 1 amide bonds. The average Bonchev–Trinajstić information content (AvgIpc) is 2.41. The number of nitrogens with one attached hydrogen (secondary N) is 1. The molecule has 124 valence electrons. The van der Waals surface area contributed by atoms with Crippen LogP contribution < -0.4 is 5.32 Å². The normalized spacial score (nSPS) is 21.2. The molecule has 0 radical (unpaired) electrons. The first-order chi connectivity index (χ1) is 9.83. The van der Waals surface area contributed by atoms with Gasteiger partial charge in [0.2, 0.25) is 0 Å². The number of likely N-dealkylation sites (tertiary alicyclic amines) is 1. The second-order valence-corrected chi connectivity index (χ2v) is 6.88. The van der Waals surface area contributed by atoms with E-state index in [0.29, 0.717) is 0 Å². The summed E-state index contributed by atoms with van der Waals surface area (Å²) in [5.74, 6) is 0. The summed E-state index contributed by atoms with van der Waals surface area (Å²) in [4.78, 5) is 14.1. The minimum Gasteiger partial charge on any atom is -0.444 e. The molecule has 0 aromatic rings. The summed E-state index contributed by atoms with van der Waals surface area (Å²) in [7, 11) is 0. The topological polar surface area (TPSA) is 61.8 Å². The zero-order valence-electron chi connectivity index (χ0n) is 14.0. The molecule has 1 aliphatic rings. The fraction of sp³-hybridized carbons (Fsp3) is 0.938. The van der Waals surface area contributed by atoms with Crippen molar-refractivity contribution in [3.63, 3.8) is 0 Å². The van der Waals surface area contributed by atoms with Crippen molar-refractivity contribution in [1.29, 1.82) is 0 Å². The summed E-state index contributed by atoms with van der Waals surface area (Å²) in [6.07, 6.45) is 4.33. The maximum Gasteiger partial charge on any atom is 0.410 e. The molecule has 2 unspecified atom stereocenters. The number of carbonyl (C=O) groups is 1. The van der Waals surface area contributed by atoms with Gasteiger partial charge in [0, 0.05) is 19.1 Å². The van der Waals surface area contributed by atoms with E-state index in [9.17, 15) is 9.90 Å². The highest BCUT2D eigenvalue weighted by molar-refractivity contribution is 5.68. The van der Waals surface area contributed by atoms with Gasteiger partial charge in [0.1, 0.15) is 5.60 Å². The molecule has 0 bridgehead atoms. The molecule has 21 heavy (non-hydrogen) atoms. The number of carbonyl (C=O) groups excluding carboxylic acids is 1. The molecule has 0 aromatic carbocycles. The SMILES string of the molecule is CCC(O)CCNCC1CCCCN1C(=O)OC(C)(C)C. The van der Waals surface area contributed by atoms with Crippen molar-refractivity contribution >= 4 is 6.09 Å². The van der Waals surface area contributed by atoms with Gasteiger partial charge in [-0.05, 0) is 59.4 Å². The van der Waals surface area contributed by atoms with Gasteiger partial charge in [0.15, 0.2) is 0 Å². The van der Waals surface area contributed by atoms with E-state index in [-0.39, 0.29) is 18.2 Å². The largest absolute Gasteiger partial charge is 0.444 e. The monoisotopic (exact) mass is 300 g/mol. The van der Waals surface area contributed by atoms with E-state index >= 15 is 0 Å². The number of aliphatic hydroxyl groups excluding tert-OH is 1. The van der Waals surface area contributed by atoms with Crippen LogP contribution in [-0.2, 0) is 4.74 Å². The third-order valence-corrected chi connectivity index (χ3v) is 3.76. The molecule has 0 aromatic heterocycles. The van der Waals surface area contributed by atoms with Crippen LogP contribution in [0.3, 0.4) is 0 Å². The fourth-order valence-corrected chi connectivity index (χ4v) is 2.52. The van der Waals surface area contributed by atoms with Gasteiger partial charge in [-0.1, -0.05) is 6.92 Å². The zero-order valence-corrected chi connectivity index (χ0v) is 14.0. The zero-order chi connectivity index (χ0) is 15.9. The molecule has 1 fully saturated rings. The Morgan fingerprint density at radius 1 is 1.43 bits per heavy atom. The van der Waals surface area contributed by atoms with Gasteiger partial charge in [-0.15, -0.1) is 0 Å². The van der Waals surface area contributed by atoms with Crippen LogP contribution in [-0.4, -0.2) is 53.5 Å². The third-order valence-electron chi connectivity index (χ3n) is 3.76. The molecule has 1 saturated heterocycles. The molecule has 1 heterocycles. The number of aliphatic hydroxyl groups is 1. The van der Waals surface area contributed by atoms with Gasteiger partial charge in [-0.25, -0.2) is 4.79 Å². The van der Waals surface area contributed by atoms with Crippen molar-refractivity contribution in [3.8, 4) is 0 Å². The van der Waals surface area contributed by atoms with Gasteiger partial charge in [-0.3, -0.25) is 0 Å². The Kier molecular flexibility index (Phi) is 7.46. The smallest absolute Gasteiger partial charge is 0.410 e. The number of amides is 1. The first-order valence-corrected chi connectivity index (χ1v) is 8.22. The van der Waals surface area contributed by atoms with Crippen molar-refractivity contribution in [1.82, 2.24) is 10.2 Å². The van der Waals surface area contributed by atoms with Gasteiger partial charge >= 0.3 is 6.09 Å². The average molecular weight is 300 g/mol. The van der Waals surface area contributed by atoms with Gasteiger partial charge in [0.05, 0.1) is 6.10 Å². The van der Waals surface area contributed by atoms with Crippen molar-refractivity contribution in [2.75, 3.05) is 19.6 Å². The molecule has 0 aliphatic carbocycles. The van der Waals surface area contributed by atoms with E-state index in [2.05, 4.69) is 5.32 Å². The molecule has 2 atom stereocenters. The third kappa shape index (κ3) is 7.14. The first-order valence-electron chi connectivity index (χ1n) is 8.22. The summed E-state index contributed by atoms with van der Waals surface area (Å²) >= 11 is 0. The molecular formula is C16H32N2O3. The van der Waals surface area contributed by atoms with E-state index in [1.54, 1.807) is 0 Å². The van der Waals surface area contributed by atoms with Crippen molar-refractivity contribution in [2.45, 2.75) is 77.5 Å². The minimum atomic E-state index is -0.447. The van der Waals surface area contributed by atoms with Gasteiger partial charge in [0.25, 0.3) is 0 Å². The molecular weight excluding hydrogens is 268 g/mol. The summed E-state index contributed by atoms with van der Waals surface area (Å²) in [6, 6.07) is 0.201. The highest BCUT2D eigenvalue weighted by Gasteiger charge is 2.30. The number of rotatable bonds is 6. The number of nitrogens with zero attached hydrogens (tertiary/aromatic N) is 1. The maximum absolute atomic E-state index is 12.2. The lowest BCUT2D eigenvalue weighted by Gasteiger charge is -2.37. The van der Waals surface area contributed by atoms with E-state index in [1.807, 2.05) is 32.6 Å². The number of piperidine rings is 1. The summed E-state index contributed by atoms with van der Waals surface area (Å²) in [5, 5.41) is 12.9. The second-order valence-electron chi connectivity index (χ2n) is 6.88. The lowest BCUT2D eigenvalue weighted by atomic mass is 10.0. The molecule has 5 heteroatoms. The lowest BCUT2D eigenvalue weighted by molar-refractivity contribution is 0.00985. The predicted molar refractivity (Wildman–Crippen MR) is 84.4 cm³/mol. The van der Waals surface area contributed by atoms with Crippen LogP contribution in [0.2, 0.25) is 0 Å². The molecule has 0 saturated carbocycles. The van der Waals surface area contributed by atoms with E-state index in [4.69, 9.17) is 4.74 Å². The van der Waals surface area contributed by atoms with Gasteiger partial charge < -0.3 is 20.1 Å². The summed E-state index contributed by atoms with van der Waals surface area (Å²) in [5.41, 5.74) is -0.447. The maximum atomic E-state index is 12.2. The molecule has 1 aliphatic heterocycles. The highest BCUT2D eigenvalue weighted by atomic mass is 16.6. The lowest BCUT2D eigenvalue weighted by Crippen LogP contribution is -2.50. The Morgan fingerprint density at radius 2 is 2.14 bits per heavy atom. The van der Waals surface area contributed by atoms with Crippen LogP contribution >= 0.6 is 0 Å². The number of hydrogen-bond donors (Lipinski definition) is 2. The van der Waals surface area contributed by atoms with E-state index in [0.717, 1.165) is 51.7 Å². The van der Waals surface area contributed by atoms with Crippen LogP contribution in [0.1, 0.15) is 59.8 Å². The van der Waals surface area contributed by atoms with Gasteiger partial charge in [-0.2, -0.15) is 0 Å². The standard InChI is InChI=1S/C16H32N2O3/c1-5-14(19)9-10-17-12-13-8-6-7-11-18(13)15(20)21-16(2,3)4/h13-14,17,19H,5-12H2,1-4H3. The minimum absolute atomic E-state index is 0.201. The molecule has 2 N–H and O–H groups in total. The molecule has 1 rings (SSSR count). The van der Waals surface area contributed by atoms with Crippen LogP contribution in [0, 0.1) is 0 Å². The first kappa shape index (κ1) is 18.2. The quantitative estimate of drug-likeness (QED) is 0.740. The van der Waals surface area contributed by atoms with Crippen LogP contribution in [0.5, 0.6) is 0 Å². The van der Waals surface area contributed by atoms with Crippen LogP contribution in [0.4, 0.5) is 4.79 Å². The van der Waals surface area contributed by atoms with Crippen molar-refractivity contribution < 1.29 is 14.6 Å². The Hall–Kier alpha value is -0.810. The second kappa shape index (κ2) is 8.59. The Balaban J connectivity index is 2.40. The molecule has 0 spiro atoms. The highest BCUT2D eigenvalue weighted by Crippen LogP contribution is 2.20. The summed E-state index contributed by atoms with van der Waals surface area (Å²) in [6.45, 7) is 10.0. The predicted octanol–water partition coefficient (Wildman–Crippen LogP) is 2.53. The van der Waals surface area contributed by atoms with Crippen LogP contribution in [0.25, 0.3) is 0 Å². The Labute approximate surface area is 129 Å². The Morgan fingerprint density at radius 3 is 2.76 bits per heavy atom. The summed E-state index contributed by atoms with van der Waals surface area (Å²) < 4.78 is 5.49. The van der Waals surface area contributed by atoms with E-state index in [1.165, 1.54) is 0 Å². The van der Waals surface area contributed by atoms with Crippen molar-refractivity contribution in [3.05, 3.63) is 0 Å². The Bertz CT molecular complexity index is 315.